The Balaban J connectivity index is 1.65. The maximum Gasteiger partial charge on any atom is 0.194 e. The molecule has 1 aromatic heterocycles. The zero-order valence-electron chi connectivity index (χ0n) is 18.1. The average Bonchev–Trinajstić information content (AvgIpc) is 3.17. The molecule has 7 nitrogen and oxygen atoms in total. The van der Waals surface area contributed by atoms with E-state index in [1.165, 1.54) is 0 Å². The monoisotopic (exact) mass is 398 g/mol. The topological polar surface area (TPSA) is 57.9 Å². The van der Waals surface area contributed by atoms with Crippen LogP contribution >= 0.6 is 0 Å². The van der Waals surface area contributed by atoms with Crippen LogP contribution < -0.4 is 15.0 Å². The number of aliphatic imine (C=N–C) groups is 1. The lowest BCUT2D eigenvalue weighted by molar-refractivity contribution is 0.366. The molecule has 0 atom stereocenters. The molecule has 0 amide bonds. The number of nitrogens with one attached hydrogen (secondary N) is 1. The van der Waals surface area contributed by atoms with E-state index in [1.54, 1.807) is 7.11 Å². The summed E-state index contributed by atoms with van der Waals surface area (Å²) < 4.78 is 7.73. The van der Waals surface area contributed by atoms with Crippen LogP contribution in [0.1, 0.15) is 26.6 Å². The summed E-state index contributed by atoms with van der Waals surface area (Å²) in [6.45, 7) is 12.7. The molecule has 0 unspecified atom stereocenters. The number of methoxy groups -OCH3 is 1. The van der Waals surface area contributed by atoms with Crippen molar-refractivity contribution in [2.45, 2.75) is 33.9 Å². The highest BCUT2D eigenvalue weighted by Gasteiger charge is 2.21. The van der Waals surface area contributed by atoms with Crippen molar-refractivity contribution < 1.29 is 4.74 Å². The normalized spacial score (nSPS) is 15.1. The molecule has 0 aliphatic carbocycles. The van der Waals surface area contributed by atoms with E-state index in [0.717, 1.165) is 62.5 Å². The second kappa shape index (κ2) is 10.2. The number of rotatable bonds is 7. The van der Waals surface area contributed by atoms with Crippen molar-refractivity contribution in [3.63, 3.8) is 0 Å². The minimum absolute atomic E-state index is 0.586. The molecule has 1 saturated heterocycles. The highest BCUT2D eigenvalue weighted by molar-refractivity contribution is 5.80. The third-order valence-corrected chi connectivity index (χ3v) is 5.07. The number of ether oxygens (including phenoxy) is 1. The van der Waals surface area contributed by atoms with Gasteiger partial charge in [0.1, 0.15) is 18.1 Å². The second-order valence-corrected chi connectivity index (χ2v) is 7.71. The summed E-state index contributed by atoms with van der Waals surface area (Å²) in [6.07, 6.45) is 3.91. The summed E-state index contributed by atoms with van der Waals surface area (Å²) in [7, 11) is 1.73. The largest absolute Gasteiger partial charge is 0.495 e. The summed E-state index contributed by atoms with van der Waals surface area (Å²) in [6, 6.07) is 8.22. The van der Waals surface area contributed by atoms with Crippen LogP contribution in [0.3, 0.4) is 0 Å². The Hall–Kier alpha value is -2.70. The third kappa shape index (κ3) is 5.43. The molecular weight excluding hydrogens is 364 g/mol. The van der Waals surface area contributed by atoms with Gasteiger partial charge < -0.3 is 24.4 Å². The van der Waals surface area contributed by atoms with Gasteiger partial charge in [-0.25, -0.2) is 9.98 Å². The fourth-order valence-electron chi connectivity index (χ4n) is 3.67. The van der Waals surface area contributed by atoms with Crippen molar-refractivity contribution in [3.05, 3.63) is 42.5 Å². The molecule has 7 heteroatoms. The number of benzene rings is 1. The van der Waals surface area contributed by atoms with Crippen LogP contribution in [0.5, 0.6) is 5.75 Å². The zero-order chi connectivity index (χ0) is 20.6. The Morgan fingerprint density at radius 1 is 1.21 bits per heavy atom. The quantitative estimate of drug-likeness (QED) is 0.574. The van der Waals surface area contributed by atoms with Crippen molar-refractivity contribution in [1.29, 1.82) is 0 Å². The molecule has 2 heterocycles. The summed E-state index contributed by atoms with van der Waals surface area (Å²) >= 11 is 0. The van der Waals surface area contributed by atoms with Gasteiger partial charge in [-0.2, -0.15) is 0 Å². The molecule has 1 fully saturated rings. The van der Waals surface area contributed by atoms with E-state index in [4.69, 9.17) is 9.73 Å². The molecule has 2 aromatic rings. The van der Waals surface area contributed by atoms with Crippen LogP contribution in [0.2, 0.25) is 0 Å². The molecule has 3 rings (SSSR count). The van der Waals surface area contributed by atoms with Crippen LogP contribution in [0.25, 0.3) is 0 Å². The summed E-state index contributed by atoms with van der Waals surface area (Å²) in [5, 5.41) is 3.45. The molecule has 0 spiro atoms. The molecule has 29 heavy (non-hydrogen) atoms. The number of hydrogen-bond donors (Lipinski definition) is 1. The average molecular weight is 399 g/mol. The van der Waals surface area contributed by atoms with Gasteiger partial charge in [-0.05, 0) is 25.0 Å². The Morgan fingerprint density at radius 2 is 1.97 bits per heavy atom. The molecule has 1 aliphatic rings. The van der Waals surface area contributed by atoms with E-state index in [0.29, 0.717) is 12.5 Å². The third-order valence-electron chi connectivity index (χ3n) is 5.07. The Morgan fingerprint density at radius 3 is 2.66 bits per heavy atom. The molecule has 0 radical (unpaired) electrons. The molecule has 1 N–H and O–H groups in total. The molecule has 158 valence electrons. The highest BCUT2D eigenvalue weighted by Crippen LogP contribution is 2.28. The van der Waals surface area contributed by atoms with E-state index >= 15 is 0 Å². The fraction of sp³-hybridized carbons (Fsp3) is 0.545. The molecule has 0 saturated carbocycles. The lowest BCUT2D eigenvalue weighted by Gasteiger charge is -2.38. The van der Waals surface area contributed by atoms with Gasteiger partial charge in [-0.3, -0.25) is 0 Å². The Labute approximate surface area is 174 Å². The first kappa shape index (κ1) is 21.0. The van der Waals surface area contributed by atoms with Crippen LogP contribution in [0.4, 0.5) is 5.69 Å². The van der Waals surface area contributed by atoms with E-state index in [2.05, 4.69) is 57.6 Å². The number of guanidine groups is 1. The van der Waals surface area contributed by atoms with Crippen LogP contribution in [-0.4, -0.2) is 60.2 Å². The summed E-state index contributed by atoms with van der Waals surface area (Å²) in [5.74, 6) is 3.50. The smallest absolute Gasteiger partial charge is 0.194 e. The second-order valence-electron chi connectivity index (χ2n) is 7.71. The van der Waals surface area contributed by atoms with E-state index in [-0.39, 0.29) is 0 Å². The Kier molecular flexibility index (Phi) is 7.38. The number of nitrogens with zero attached hydrogens (tertiary/aromatic N) is 5. The number of para-hydroxylation sites is 2. The van der Waals surface area contributed by atoms with Crippen molar-refractivity contribution in [2.75, 3.05) is 44.7 Å². The number of imidazole rings is 1. The first-order valence-corrected chi connectivity index (χ1v) is 10.5. The number of aromatic nitrogens is 2. The van der Waals surface area contributed by atoms with E-state index in [9.17, 15) is 0 Å². The van der Waals surface area contributed by atoms with Crippen LogP contribution in [-0.2, 0) is 13.1 Å². The minimum Gasteiger partial charge on any atom is -0.495 e. The van der Waals surface area contributed by atoms with Gasteiger partial charge in [0, 0.05) is 51.7 Å². The van der Waals surface area contributed by atoms with Gasteiger partial charge in [0.15, 0.2) is 5.96 Å². The lowest BCUT2D eigenvalue weighted by Crippen LogP contribution is -2.52. The highest BCUT2D eigenvalue weighted by atomic mass is 16.5. The SMILES string of the molecule is CCNC(=NCc1nccn1CC(C)C)N1CCN(c2ccccc2OC)CC1. The van der Waals surface area contributed by atoms with Gasteiger partial charge in [0.05, 0.1) is 12.8 Å². The summed E-state index contributed by atoms with van der Waals surface area (Å²) in [4.78, 5) is 14.1. The van der Waals surface area contributed by atoms with Crippen molar-refractivity contribution >= 4 is 11.6 Å². The first-order chi connectivity index (χ1) is 14.1. The van der Waals surface area contributed by atoms with Crippen molar-refractivity contribution in [2.24, 2.45) is 10.9 Å². The maximum atomic E-state index is 5.53. The van der Waals surface area contributed by atoms with Gasteiger partial charge in [-0.15, -0.1) is 0 Å². The van der Waals surface area contributed by atoms with Gasteiger partial charge in [0.25, 0.3) is 0 Å². The first-order valence-electron chi connectivity index (χ1n) is 10.5. The van der Waals surface area contributed by atoms with Crippen LogP contribution in [0, 0.1) is 5.92 Å². The predicted octanol–water partition coefficient (Wildman–Crippen LogP) is 2.84. The molecular formula is C22H34N6O. The standard InChI is InChI=1S/C22H34N6O/c1-5-23-22(25-16-21-24-10-11-28(21)17-18(2)3)27-14-12-26(13-15-27)19-8-6-7-9-20(19)29-4/h6-11,18H,5,12-17H2,1-4H3,(H,23,25). The van der Waals surface area contributed by atoms with Crippen molar-refractivity contribution in [3.8, 4) is 5.75 Å². The number of anilines is 1. The molecule has 1 aromatic carbocycles. The van der Waals surface area contributed by atoms with Crippen LogP contribution in [0.15, 0.2) is 41.7 Å². The van der Waals surface area contributed by atoms with E-state index in [1.807, 2.05) is 24.5 Å². The fourth-order valence-corrected chi connectivity index (χ4v) is 3.67. The predicted molar refractivity (Wildman–Crippen MR) is 119 cm³/mol. The molecule has 1 aliphatic heterocycles. The number of piperazine rings is 1. The van der Waals surface area contributed by atoms with Gasteiger partial charge in [-0.1, -0.05) is 26.0 Å². The lowest BCUT2D eigenvalue weighted by atomic mass is 10.2. The van der Waals surface area contributed by atoms with Crippen molar-refractivity contribution in [1.82, 2.24) is 19.8 Å². The molecule has 0 bridgehead atoms. The minimum atomic E-state index is 0.586. The van der Waals surface area contributed by atoms with E-state index < -0.39 is 0 Å². The Bertz CT molecular complexity index is 792. The van der Waals surface area contributed by atoms with Gasteiger partial charge in [0.2, 0.25) is 0 Å². The number of hydrogen-bond acceptors (Lipinski definition) is 4. The van der Waals surface area contributed by atoms with Gasteiger partial charge >= 0.3 is 0 Å². The zero-order valence-corrected chi connectivity index (χ0v) is 18.1. The summed E-state index contributed by atoms with van der Waals surface area (Å²) in [5.41, 5.74) is 1.16. The maximum absolute atomic E-state index is 5.53.